The van der Waals surface area contributed by atoms with Crippen molar-refractivity contribution in [1.82, 2.24) is 14.8 Å². The Kier molecular flexibility index (Phi) is 5.91. The van der Waals surface area contributed by atoms with Gasteiger partial charge in [0.15, 0.2) is 11.0 Å². The van der Waals surface area contributed by atoms with Crippen LogP contribution in [0.15, 0.2) is 59.8 Å². The van der Waals surface area contributed by atoms with Gasteiger partial charge in [0.2, 0.25) is 0 Å². The van der Waals surface area contributed by atoms with Crippen LogP contribution >= 0.6 is 11.8 Å². The largest absolute Gasteiger partial charge is 0.497 e. The highest BCUT2D eigenvalue weighted by atomic mass is 32.2. The Hall–Kier alpha value is -2.80. The summed E-state index contributed by atoms with van der Waals surface area (Å²) in [5.41, 5.74) is 1.83. The van der Waals surface area contributed by atoms with Crippen LogP contribution in [0.25, 0.3) is 17.1 Å². The number of esters is 1. The molecule has 7 heteroatoms. The van der Waals surface area contributed by atoms with Crippen molar-refractivity contribution in [1.29, 1.82) is 0 Å². The number of nitrogens with zero attached hydrogens (tertiary/aromatic N) is 3. The summed E-state index contributed by atoms with van der Waals surface area (Å²) in [6.45, 7) is 2.15. The molecule has 0 aliphatic heterocycles. The van der Waals surface area contributed by atoms with Gasteiger partial charge in [-0.15, -0.1) is 10.2 Å². The molecule has 26 heavy (non-hydrogen) atoms. The average Bonchev–Trinajstić information content (AvgIpc) is 3.11. The fraction of sp³-hybridized carbons (Fsp3) is 0.211. The molecular weight excluding hydrogens is 350 g/mol. The van der Waals surface area contributed by atoms with Crippen molar-refractivity contribution >= 4 is 17.7 Å². The maximum Gasteiger partial charge on any atom is 0.316 e. The maximum absolute atomic E-state index is 11.7. The Morgan fingerprint density at radius 1 is 1.08 bits per heavy atom. The smallest absolute Gasteiger partial charge is 0.316 e. The number of methoxy groups -OCH3 is 1. The Bertz CT molecular complexity index is 863. The lowest BCUT2D eigenvalue weighted by molar-refractivity contribution is -0.139. The second kappa shape index (κ2) is 8.53. The monoisotopic (exact) mass is 369 g/mol. The van der Waals surface area contributed by atoms with Crippen LogP contribution in [0.4, 0.5) is 0 Å². The van der Waals surface area contributed by atoms with Crippen LogP contribution in [-0.4, -0.2) is 40.2 Å². The van der Waals surface area contributed by atoms with Crippen molar-refractivity contribution in [2.75, 3.05) is 19.5 Å². The number of aromatic nitrogens is 3. The summed E-state index contributed by atoms with van der Waals surface area (Å²) in [7, 11) is 1.63. The van der Waals surface area contributed by atoms with E-state index in [-0.39, 0.29) is 11.7 Å². The van der Waals surface area contributed by atoms with Gasteiger partial charge in [0.1, 0.15) is 5.75 Å². The van der Waals surface area contributed by atoms with Gasteiger partial charge in [-0.05, 0) is 31.2 Å². The first-order chi connectivity index (χ1) is 12.7. The number of carbonyl (C=O) groups excluding carboxylic acids is 1. The summed E-state index contributed by atoms with van der Waals surface area (Å²) in [5, 5.41) is 9.25. The minimum absolute atomic E-state index is 0.177. The number of thioether (sulfide) groups is 1. The van der Waals surface area contributed by atoms with Crippen molar-refractivity contribution in [3.63, 3.8) is 0 Å². The third-order valence-corrected chi connectivity index (χ3v) is 4.52. The summed E-state index contributed by atoms with van der Waals surface area (Å²) in [6, 6.07) is 17.4. The summed E-state index contributed by atoms with van der Waals surface area (Å²) in [4.78, 5) is 11.7. The molecule has 1 aromatic heterocycles. The van der Waals surface area contributed by atoms with Gasteiger partial charge in [-0.1, -0.05) is 42.1 Å². The molecule has 0 unspecified atom stereocenters. The van der Waals surface area contributed by atoms with E-state index in [2.05, 4.69) is 10.2 Å². The number of carbonyl (C=O) groups is 1. The van der Waals surface area contributed by atoms with Gasteiger partial charge < -0.3 is 9.47 Å². The van der Waals surface area contributed by atoms with E-state index in [0.717, 1.165) is 17.0 Å². The molecule has 3 aromatic rings. The molecule has 0 aliphatic carbocycles. The highest BCUT2D eigenvalue weighted by Gasteiger charge is 2.17. The normalized spacial score (nSPS) is 10.5. The fourth-order valence-electron chi connectivity index (χ4n) is 2.43. The molecule has 0 amide bonds. The van der Waals surface area contributed by atoms with Crippen LogP contribution < -0.4 is 4.74 Å². The zero-order chi connectivity index (χ0) is 18.4. The highest BCUT2D eigenvalue weighted by Crippen LogP contribution is 2.28. The Morgan fingerprint density at radius 2 is 1.81 bits per heavy atom. The van der Waals surface area contributed by atoms with E-state index in [0.29, 0.717) is 17.6 Å². The van der Waals surface area contributed by atoms with Gasteiger partial charge >= 0.3 is 5.97 Å². The molecule has 0 saturated carbocycles. The van der Waals surface area contributed by atoms with E-state index >= 15 is 0 Å². The number of benzene rings is 2. The standard InChI is InChI=1S/C19H19N3O3S/c1-3-25-17(23)13-26-19-21-20-18(14-7-5-4-6-8-14)22(19)15-9-11-16(24-2)12-10-15/h4-12H,3,13H2,1-2H3. The van der Waals surface area contributed by atoms with E-state index in [1.807, 2.05) is 59.2 Å². The van der Waals surface area contributed by atoms with E-state index in [4.69, 9.17) is 9.47 Å². The quantitative estimate of drug-likeness (QED) is 0.468. The molecule has 0 saturated heterocycles. The summed E-state index contributed by atoms with van der Waals surface area (Å²) < 4.78 is 12.2. The van der Waals surface area contributed by atoms with Gasteiger partial charge in [-0.3, -0.25) is 9.36 Å². The number of rotatable bonds is 7. The zero-order valence-electron chi connectivity index (χ0n) is 14.6. The van der Waals surface area contributed by atoms with Gasteiger partial charge in [0.25, 0.3) is 0 Å². The minimum Gasteiger partial charge on any atom is -0.497 e. The number of hydrogen-bond donors (Lipinski definition) is 0. The van der Waals surface area contributed by atoms with Crippen LogP contribution in [0.3, 0.4) is 0 Å². The molecule has 2 aromatic carbocycles. The molecule has 0 bridgehead atoms. The molecule has 6 nitrogen and oxygen atoms in total. The number of ether oxygens (including phenoxy) is 2. The molecule has 0 N–H and O–H groups in total. The predicted octanol–water partition coefficient (Wildman–Crippen LogP) is 3.60. The molecular formula is C19H19N3O3S. The summed E-state index contributed by atoms with van der Waals surface area (Å²) >= 11 is 1.30. The van der Waals surface area contributed by atoms with Crippen molar-refractivity contribution in [3.8, 4) is 22.8 Å². The number of hydrogen-bond acceptors (Lipinski definition) is 6. The topological polar surface area (TPSA) is 66.2 Å². The van der Waals surface area contributed by atoms with Crippen LogP contribution in [0.1, 0.15) is 6.92 Å². The first kappa shape index (κ1) is 18.0. The SMILES string of the molecule is CCOC(=O)CSc1nnc(-c2ccccc2)n1-c1ccc(OC)cc1. The van der Waals surface area contributed by atoms with Crippen LogP contribution in [0.5, 0.6) is 5.75 Å². The Labute approximate surface area is 156 Å². The van der Waals surface area contributed by atoms with Crippen molar-refractivity contribution in [2.45, 2.75) is 12.1 Å². The molecule has 0 aliphatic rings. The molecule has 0 atom stereocenters. The highest BCUT2D eigenvalue weighted by molar-refractivity contribution is 7.99. The Morgan fingerprint density at radius 3 is 2.46 bits per heavy atom. The van der Waals surface area contributed by atoms with Crippen molar-refractivity contribution in [2.24, 2.45) is 0 Å². The molecule has 1 heterocycles. The van der Waals surface area contributed by atoms with E-state index in [1.54, 1.807) is 14.0 Å². The lowest BCUT2D eigenvalue weighted by Gasteiger charge is -2.11. The van der Waals surface area contributed by atoms with Crippen LogP contribution in [0.2, 0.25) is 0 Å². The maximum atomic E-state index is 11.7. The minimum atomic E-state index is -0.275. The summed E-state index contributed by atoms with van der Waals surface area (Å²) in [6.07, 6.45) is 0. The average molecular weight is 369 g/mol. The molecule has 3 rings (SSSR count). The first-order valence-corrected chi connectivity index (χ1v) is 9.15. The van der Waals surface area contributed by atoms with E-state index in [9.17, 15) is 4.79 Å². The zero-order valence-corrected chi connectivity index (χ0v) is 15.4. The summed E-state index contributed by atoms with van der Waals surface area (Å²) in [5.74, 6) is 1.38. The first-order valence-electron chi connectivity index (χ1n) is 8.16. The second-order valence-electron chi connectivity index (χ2n) is 5.30. The van der Waals surface area contributed by atoms with Gasteiger partial charge in [-0.25, -0.2) is 0 Å². The van der Waals surface area contributed by atoms with Gasteiger partial charge in [0.05, 0.1) is 19.5 Å². The molecule has 134 valence electrons. The lowest BCUT2D eigenvalue weighted by Crippen LogP contribution is -2.08. The predicted molar refractivity (Wildman–Crippen MR) is 101 cm³/mol. The van der Waals surface area contributed by atoms with Crippen LogP contribution in [-0.2, 0) is 9.53 Å². The van der Waals surface area contributed by atoms with E-state index in [1.165, 1.54) is 11.8 Å². The lowest BCUT2D eigenvalue weighted by atomic mass is 10.2. The van der Waals surface area contributed by atoms with Gasteiger partial charge in [0, 0.05) is 11.3 Å². The molecule has 0 spiro atoms. The van der Waals surface area contributed by atoms with Crippen molar-refractivity contribution < 1.29 is 14.3 Å². The van der Waals surface area contributed by atoms with Crippen LogP contribution in [0, 0.1) is 0 Å². The second-order valence-corrected chi connectivity index (χ2v) is 6.24. The molecule has 0 radical (unpaired) electrons. The fourth-order valence-corrected chi connectivity index (χ4v) is 3.18. The van der Waals surface area contributed by atoms with Gasteiger partial charge in [-0.2, -0.15) is 0 Å². The van der Waals surface area contributed by atoms with E-state index < -0.39 is 0 Å². The third kappa shape index (κ3) is 4.05. The Balaban J connectivity index is 1.99. The molecule has 0 fully saturated rings. The van der Waals surface area contributed by atoms with Crippen molar-refractivity contribution in [3.05, 3.63) is 54.6 Å². The third-order valence-electron chi connectivity index (χ3n) is 3.62.